The second kappa shape index (κ2) is 8.11. The molecule has 0 aromatic heterocycles. The lowest BCUT2D eigenvalue weighted by atomic mass is 9.81. The van der Waals surface area contributed by atoms with Crippen LogP contribution in [0, 0.1) is 11.8 Å². The van der Waals surface area contributed by atoms with E-state index in [1.807, 2.05) is 13.8 Å². The SMILES string of the molecule is CCOc1cc2c(cc1OCC)C[NH+](CN1C(=O)[C@H]3CCCC[C@H]3C1=O)CC2. The smallest absolute Gasteiger partial charge is 0.237 e. The van der Waals surface area contributed by atoms with Gasteiger partial charge in [0.05, 0.1) is 31.6 Å². The van der Waals surface area contributed by atoms with Crippen LogP contribution in [-0.4, -0.2) is 43.1 Å². The molecule has 0 bridgehead atoms. The number of benzene rings is 1. The van der Waals surface area contributed by atoms with Crippen molar-refractivity contribution >= 4 is 11.8 Å². The highest BCUT2D eigenvalue weighted by molar-refractivity contribution is 6.05. The normalized spacial score (nSPS) is 26.8. The predicted octanol–water partition coefficient (Wildman–Crippen LogP) is 1.56. The number of hydrogen-bond acceptors (Lipinski definition) is 4. The van der Waals surface area contributed by atoms with E-state index in [9.17, 15) is 9.59 Å². The van der Waals surface area contributed by atoms with Crippen molar-refractivity contribution < 1.29 is 24.0 Å². The van der Waals surface area contributed by atoms with E-state index in [1.165, 1.54) is 16.0 Å². The first-order valence-corrected chi connectivity index (χ1v) is 10.7. The molecular weight excluding hydrogens is 356 g/mol. The number of hydrogen-bond donors (Lipinski definition) is 1. The minimum absolute atomic E-state index is 0.0592. The molecule has 1 saturated carbocycles. The van der Waals surface area contributed by atoms with Crippen LogP contribution < -0.4 is 14.4 Å². The van der Waals surface area contributed by atoms with E-state index >= 15 is 0 Å². The van der Waals surface area contributed by atoms with Gasteiger partial charge in [0, 0.05) is 12.0 Å². The molecule has 0 radical (unpaired) electrons. The summed E-state index contributed by atoms with van der Waals surface area (Å²) in [5, 5.41) is 0. The number of quaternary nitrogens is 1. The van der Waals surface area contributed by atoms with E-state index in [1.54, 1.807) is 4.90 Å². The predicted molar refractivity (Wildman–Crippen MR) is 104 cm³/mol. The Morgan fingerprint density at radius 3 is 2.11 bits per heavy atom. The standard InChI is InChI=1S/C22H30N2O4/c1-3-27-19-11-15-9-10-23(13-16(15)12-20(19)28-4-2)14-24-21(25)17-7-5-6-8-18(17)22(24)26/h11-12,17-18H,3-10,13-14H2,1-2H3/p+1/t17-,18+. The van der Waals surface area contributed by atoms with Gasteiger partial charge in [-0.15, -0.1) is 0 Å². The summed E-state index contributed by atoms with van der Waals surface area (Å²) in [7, 11) is 0. The number of imide groups is 1. The number of fused-ring (bicyclic) bond motifs is 2. The van der Waals surface area contributed by atoms with Crippen LogP contribution in [-0.2, 0) is 22.6 Å². The molecule has 1 aliphatic carbocycles. The van der Waals surface area contributed by atoms with Crippen LogP contribution >= 0.6 is 0 Å². The summed E-state index contributed by atoms with van der Waals surface area (Å²) >= 11 is 0. The third-order valence-electron chi connectivity index (χ3n) is 6.37. The summed E-state index contributed by atoms with van der Waals surface area (Å²) in [4.78, 5) is 28.4. The van der Waals surface area contributed by atoms with E-state index < -0.39 is 0 Å². The Labute approximate surface area is 166 Å². The summed E-state index contributed by atoms with van der Waals surface area (Å²) in [5.74, 6) is 1.60. The summed E-state index contributed by atoms with van der Waals surface area (Å²) in [6.45, 7) is 7.35. The van der Waals surface area contributed by atoms with Crippen molar-refractivity contribution in [3.8, 4) is 11.5 Å². The van der Waals surface area contributed by atoms with Gasteiger partial charge in [-0.05, 0) is 44.4 Å². The first kappa shape index (κ1) is 19.2. The molecule has 2 aliphatic heterocycles. The fourth-order valence-corrected chi connectivity index (χ4v) is 4.99. The van der Waals surface area contributed by atoms with Crippen molar-refractivity contribution in [3.05, 3.63) is 23.3 Å². The molecule has 3 aliphatic rings. The van der Waals surface area contributed by atoms with Gasteiger partial charge >= 0.3 is 0 Å². The average Bonchev–Trinajstić information content (AvgIpc) is 2.94. The van der Waals surface area contributed by atoms with Crippen molar-refractivity contribution in [2.24, 2.45) is 11.8 Å². The molecule has 2 heterocycles. The quantitative estimate of drug-likeness (QED) is 0.753. The van der Waals surface area contributed by atoms with E-state index in [4.69, 9.17) is 9.47 Å². The minimum Gasteiger partial charge on any atom is -0.490 e. The third-order valence-corrected chi connectivity index (χ3v) is 6.37. The molecule has 1 aromatic rings. The second-order valence-electron chi connectivity index (χ2n) is 8.12. The molecule has 28 heavy (non-hydrogen) atoms. The zero-order valence-electron chi connectivity index (χ0n) is 17.0. The maximum atomic E-state index is 12.8. The molecule has 3 atom stereocenters. The second-order valence-corrected chi connectivity index (χ2v) is 8.12. The summed E-state index contributed by atoms with van der Waals surface area (Å²) < 4.78 is 11.5. The number of likely N-dealkylation sites (tertiary alicyclic amines) is 1. The lowest BCUT2D eigenvalue weighted by molar-refractivity contribution is -0.923. The van der Waals surface area contributed by atoms with Crippen molar-refractivity contribution in [2.45, 2.75) is 52.5 Å². The number of rotatable bonds is 6. The first-order valence-electron chi connectivity index (χ1n) is 10.7. The molecule has 152 valence electrons. The molecule has 6 heteroatoms. The Morgan fingerprint density at radius 2 is 1.54 bits per heavy atom. The molecule has 1 unspecified atom stereocenters. The fourth-order valence-electron chi connectivity index (χ4n) is 4.99. The molecule has 0 spiro atoms. The molecule has 4 rings (SSSR count). The zero-order valence-corrected chi connectivity index (χ0v) is 17.0. The van der Waals surface area contributed by atoms with Crippen molar-refractivity contribution in [2.75, 3.05) is 26.4 Å². The Hall–Kier alpha value is -2.08. The molecule has 2 amide bonds. The van der Waals surface area contributed by atoms with Gasteiger partial charge in [-0.25, -0.2) is 4.90 Å². The van der Waals surface area contributed by atoms with Crippen LogP contribution in [0.25, 0.3) is 0 Å². The van der Waals surface area contributed by atoms with Gasteiger partial charge in [-0.2, -0.15) is 0 Å². The van der Waals surface area contributed by atoms with Gasteiger partial charge in [-0.1, -0.05) is 12.8 Å². The number of nitrogens with zero attached hydrogens (tertiary/aromatic N) is 1. The Morgan fingerprint density at radius 1 is 0.964 bits per heavy atom. The van der Waals surface area contributed by atoms with Gasteiger partial charge in [0.2, 0.25) is 11.8 Å². The van der Waals surface area contributed by atoms with Crippen molar-refractivity contribution in [1.29, 1.82) is 0 Å². The van der Waals surface area contributed by atoms with Crippen LogP contribution in [0.15, 0.2) is 12.1 Å². The molecule has 1 saturated heterocycles. The Balaban J connectivity index is 1.48. The lowest BCUT2D eigenvalue weighted by Crippen LogP contribution is -3.13. The summed E-state index contributed by atoms with van der Waals surface area (Å²) in [5.41, 5.74) is 2.51. The van der Waals surface area contributed by atoms with Crippen LogP contribution in [0.3, 0.4) is 0 Å². The fraction of sp³-hybridized carbons (Fsp3) is 0.636. The maximum Gasteiger partial charge on any atom is 0.237 e. The van der Waals surface area contributed by atoms with Crippen LogP contribution in [0.2, 0.25) is 0 Å². The van der Waals surface area contributed by atoms with Crippen LogP contribution in [0.1, 0.15) is 50.7 Å². The van der Waals surface area contributed by atoms with E-state index in [-0.39, 0.29) is 23.7 Å². The minimum atomic E-state index is -0.0592. The third kappa shape index (κ3) is 3.50. The van der Waals surface area contributed by atoms with Gasteiger partial charge in [0.15, 0.2) is 18.2 Å². The van der Waals surface area contributed by atoms with Crippen LogP contribution in [0.5, 0.6) is 11.5 Å². The topological polar surface area (TPSA) is 60.3 Å². The molecule has 1 N–H and O–H groups in total. The highest BCUT2D eigenvalue weighted by Crippen LogP contribution is 2.37. The largest absolute Gasteiger partial charge is 0.490 e. The monoisotopic (exact) mass is 387 g/mol. The summed E-state index contributed by atoms with van der Waals surface area (Å²) in [6, 6.07) is 4.18. The number of ether oxygens (including phenoxy) is 2. The van der Waals surface area contributed by atoms with Crippen molar-refractivity contribution in [1.82, 2.24) is 4.90 Å². The maximum absolute atomic E-state index is 12.8. The van der Waals surface area contributed by atoms with E-state index in [2.05, 4.69) is 12.1 Å². The number of amides is 2. The van der Waals surface area contributed by atoms with E-state index in [0.29, 0.717) is 19.9 Å². The van der Waals surface area contributed by atoms with Gasteiger partial charge in [-0.3, -0.25) is 9.59 Å². The Bertz CT molecular complexity index is 739. The molecular formula is C22H31N2O4+. The van der Waals surface area contributed by atoms with Gasteiger partial charge in [0.25, 0.3) is 0 Å². The van der Waals surface area contributed by atoms with Crippen molar-refractivity contribution in [3.63, 3.8) is 0 Å². The molecule has 2 fully saturated rings. The number of nitrogens with one attached hydrogen (secondary N) is 1. The molecule has 6 nitrogen and oxygen atoms in total. The highest BCUT2D eigenvalue weighted by atomic mass is 16.5. The molecule has 1 aromatic carbocycles. The number of carbonyl (C=O) groups is 2. The lowest BCUT2D eigenvalue weighted by Gasteiger charge is -2.29. The zero-order chi connectivity index (χ0) is 19.7. The Kier molecular flexibility index (Phi) is 5.58. The summed E-state index contributed by atoms with van der Waals surface area (Å²) in [6.07, 6.45) is 4.81. The van der Waals surface area contributed by atoms with Gasteiger partial charge < -0.3 is 14.4 Å². The van der Waals surface area contributed by atoms with Crippen LogP contribution in [0.4, 0.5) is 0 Å². The van der Waals surface area contributed by atoms with Gasteiger partial charge in [0.1, 0.15) is 6.54 Å². The van der Waals surface area contributed by atoms with E-state index in [0.717, 1.165) is 56.7 Å². The highest BCUT2D eigenvalue weighted by Gasteiger charge is 2.49. The number of carbonyl (C=O) groups excluding carboxylic acids is 2. The first-order chi connectivity index (χ1) is 13.6. The average molecular weight is 388 g/mol.